The Bertz CT molecular complexity index is 678. The van der Waals surface area contributed by atoms with Crippen LogP contribution in [0.3, 0.4) is 0 Å². The molecule has 104 valence electrons. The molecule has 1 aromatic rings. The largest absolute Gasteiger partial charge is 0.294 e. The van der Waals surface area contributed by atoms with Gasteiger partial charge in [0.2, 0.25) is 0 Å². The average molecular weight is 300 g/mol. The fourth-order valence-corrected chi connectivity index (χ4v) is 4.93. The highest BCUT2D eigenvalue weighted by Crippen LogP contribution is 2.43. The van der Waals surface area contributed by atoms with Crippen LogP contribution in [0.2, 0.25) is 0 Å². The van der Waals surface area contributed by atoms with Crippen LogP contribution in [-0.2, 0) is 16.3 Å². The number of hydrogen-bond donors (Lipinski definition) is 0. The smallest absolute Gasteiger partial charge is 0.185 e. The molecule has 1 heterocycles. The first-order valence-corrected chi connectivity index (χ1v) is 8.63. The lowest BCUT2D eigenvalue weighted by atomic mass is 9.74. The van der Waals surface area contributed by atoms with Crippen LogP contribution in [0.15, 0.2) is 4.21 Å². The Hall–Kier alpha value is -1.01. The van der Waals surface area contributed by atoms with E-state index in [1.807, 2.05) is 13.8 Å². The standard InChI is InChI=1S/C13H16O4S2/c1-7(14)11-8-5-13(2,3)6-9(15)10(8)12(18-11)19(4,16)17/h5-6H2,1-4H3. The summed E-state index contributed by atoms with van der Waals surface area (Å²) in [5, 5.41) is 0. The number of carbonyl (C=O) groups excluding carboxylic acids is 2. The molecule has 0 amide bonds. The second-order valence-corrected chi connectivity index (χ2v) is 9.07. The molecule has 6 heteroatoms. The molecule has 1 aliphatic rings. The number of carbonyl (C=O) groups is 2. The van der Waals surface area contributed by atoms with Crippen molar-refractivity contribution < 1.29 is 18.0 Å². The van der Waals surface area contributed by atoms with Crippen molar-refractivity contribution in [2.75, 3.05) is 6.26 Å². The first kappa shape index (κ1) is 14.4. The van der Waals surface area contributed by atoms with Crippen LogP contribution in [-0.4, -0.2) is 26.2 Å². The predicted molar refractivity (Wildman–Crippen MR) is 73.9 cm³/mol. The summed E-state index contributed by atoms with van der Waals surface area (Å²) in [7, 11) is -3.48. The molecule has 0 saturated carbocycles. The van der Waals surface area contributed by atoms with Crippen molar-refractivity contribution in [2.45, 2.75) is 37.8 Å². The van der Waals surface area contributed by atoms with Crippen LogP contribution in [0, 0.1) is 5.41 Å². The Morgan fingerprint density at radius 2 is 1.84 bits per heavy atom. The highest BCUT2D eigenvalue weighted by atomic mass is 32.2. The maximum atomic E-state index is 12.2. The molecule has 0 N–H and O–H groups in total. The van der Waals surface area contributed by atoms with E-state index in [1.54, 1.807) is 0 Å². The highest BCUT2D eigenvalue weighted by Gasteiger charge is 2.38. The van der Waals surface area contributed by atoms with Gasteiger partial charge >= 0.3 is 0 Å². The van der Waals surface area contributed by atoms with Gasteiger partial charge in [0, 0.05) is 12.7 Å². The summed E-state index contributed by atoms with van der Waals surface area (Å²) in [4.78, 5) is 24.3. The molecule has 19 heavy (non-hydrogen) atoms. The van der Waals surface area contributed by atoms with Crippen molar-refractivity contribution in [3.8, 4) is 0 Å². The van der Waals surface area contributed by atoms with Gasteiger partial charge in [0.15, 0.2) is 21.4 Å². The van der Waals surface area contributed by atoms with E-state index in [1.165, 1.54) is 6.92 Å². The number of Topliss-reactive ketones (excluding diaryl/α,β-unsaturated/α-hetero) is 2. The van der Waals surface area contributed by atoms with Gasteiger partial charge in [0.25, 0.3) is 0 Å². The summed E-state index contributed by atoms with van der Waals surface area (Å²) in [5.41, 5.74) is 0.653. The average Bonchev–Trinajstić information content (AvgIpc) is 2.54. The molecule has 0 fully saturated rings. The highest BCUT2D eigenvalue weighted by molar-refractivity contribution is 7.92. The molecule has 0 unspecified atom stereocenters. The zero-order valence-corrected chi connectivity index (χ0v) is 13.0. The number of thiophene rings is 1. The summed E-state index contributed by atoms with van der Waals surface area (Å²) in [6.45, 7) is 5.31. The Labute approximate surface area is 116 Å². The van der Waals surface area contributed by atoms with Crippen LogP contribution in [0.1, 0.15) is 52.8 Å². The van der Waals surface area contributed by atoms with Gasteiger partial charge in [0.05, 0.1) is 10.4 Å². The van der Waals surface area contributed by atoms with Crippen molar-refractivity contribution in [1.29, 1.82) is 0 Å². The van der Waals surface area contributed by atoms with E-state index in [0.29, 0.717) is 23.3 Å². The molecular formula is C13H16O4S2. The number of rotatable bonds is 2. The van der Waals surface area contributed by atoms with Crippen molar-refractivity contribution >= 4 is 32.7 Å². The molecule has 4 nitrogen and oxygen atoms in total. The van der Waals surface area contributed by atoms with Gasteiger partial charge in [0.1, 0.15) is 4.21 Å². The fourth-order valence-electron chi connectivity index (χ4n) is 2.50. The molecule has 1 aliphatic carbocycles. The molecular weight excluding hydrogens is 284 g/mol. The van der Waals surface area contributed by atoms with Gasteiger partial charge in [-0.05, 0) is 24.3 Å². The van der Waals surface area contributed by atoms with E-state index < -0.39 is 9.84 Å². The Balaban J connectivity index is 2.79. The fraction of sp³-hybridized carbons (Fsp3) is 0.538. The van der Waals surface area contributed by atoms with Gasteiger partial charge < -0.3 is 0 Å². The van der Waals surface area contributed by atoms with Crippen LogP contribution < -0.4 is 0 Å². The minimum atomic E-state index is -3.48. The van der Waals surface area contributed by atoms with E-state index in [-0.39, 0.29) is 26.8 Å². The van der Waals surface area contributed by atoms with E-state index in [9.17, 15) is 18.0 Å². The van der Waals surface area contributed by atoms with Crippen LogP contribution >= 0.6 is 11.3 Å². The van der Waals surface area contributed by atoms with Gasteiger partial charge in [-0.25, -0.2) is 8.42 Å². The zero-order valence-electron chi connectivity index (χ0n) is 11.4. The summed E-state index contributed by atoms with van der Waals surface area (Å²) >= 11 is 0.936. The zero-order chi connectivity index (χ0) is 14.6. The number of hydrogen-bond acceptors (Lipinski definition) is 5. The maximum Gasteiger partial charge on any atom is 0.185 e. The summed E-state index contributed by atoms with van der Waals surface area (Å²) in [6.07, 6.45) is 1.96. The van der Waals surface area contributed by atoms with Crippen molar-refractivity contribution in [1.82, 2.24) is 0 Å². The molecule has 0 spiro atoms. The number of ketones is 2. The van der Waals surface area contributed by atoms with Gasteiger partial charge in [-0.15, -0.1) is 11.3 Å². The molecule has 0 atom stereocenters. The minimum Gasteiger partial charge on any atom is -0.294 e. The molecule has 0 aliphatic heterocycles. The molecule has 0 bridgehead atoms. The van der Waals surface area contributed by atoms with Crippen molar-refractivity contribution in [3.63, 3.8) is 0 Å². The third kappa shape index (κ3) is 2.51. The van der Waals surface area contributed by atoms with Crippen LogP contribution in [0.25, 0.3) is 0 Å². The molecule has 0 aromatic carbocycles. The summed E-state index contributed by atoms with van der Waals surface area (Å²) in [5.74, 6) is -0.350. The van der Waals surface area contributed by atoms with Crippen molar-refractivity contribution in [2.24, 2.45) is 5.41 Å². The van der Waals surface area contributed by atoms with E-state index >= 15 is 0 Å². The third-order valence-corrected chi connectivity index (χ3v) is 6.37. The SMILES string of the molecule is CC(=O)c1sc(S(C)(=O)=O)c2c1CC(C)(C)CC2=O. The van der Waals surface area contributed by atoms with Gasteiger partial charge in [-0.2, -0.15) is 0 Å². The van der Waals surface area contributed by atoms with E-state index in [4.69, 9.17) is 0 Å². The molecule has 0 radical (unpaired) electrons. The number of fused-ring (bicyclic) bond motifs is 1. The van der Waals surface area contributed by atoms with Crippen LogP contribution in [0.5, 0.6) is 0 Å². The monoisotopic (exact) mass is 300 g/mol. The maximum absolute atomic E-state index is 12.2. The summed E-state index contributed by atoms with van der Waals surface area (Å²) < 4.78 is 23.6. The predicted octanol–water partition coefficient (Wildman–Crippen LogP) is 2.51. The van der Waals surface area contributed by atoms with E-state index in [2.05, 4.69) is 0 Å². The van der Waals surface area contributed by atoms with Gasteiger partial charge in [-0.1, -0.05) is 13.8 Å². The van der Waals surface area contributed by atoms with Crippen molar-refractivity contribution in [3.05, 3.63) is 16.0 Å². The minimum absolute atomic E-state index is 0.0493. The molecule has 2 rings (SSSR count). The second-order valence-electron chi connectivity index (χ2n) is 5.84. The normalized spacial score (nSPS) is 18.2. The molecule has 0 saturated heterocycles. The Morgan fingerprint density at radius 1 is 1.26 bits per heavy atom. The lowest BCUT2D eigenvalue weighted by Gasteiger charge is -2.29. The summed E-state index contributed by atoms with van der Waals surface area (Å²) in [6, 6.07) is 0. The quantitative estimate of drug-likeness (QED) is 0.787. The van der Waals surface area contributed by atoms with E-state index in [0.717, 1.165) is 17.6 Å². The Kier molecular flexibility index (Phi) is 3.22. The first-order valence-electron chi connectivity index (χ1n) is 5.93. The lowest BCUT2D eigenvalue weighted by molar-refractivity contribution is 0.0909. The number of sulfone groups is 1. The lowest BCUT2D eigenvalue weighted by Crippen LogP contribution is -2.27. The topological polar surface area (TPSA) is 68.3 Å². The Morgan fingerprint density at radius 3 is 2.32 bits per heavy atom. The van der Waals surface area contributed by atoms with Gasteiger partial charge in [-0.3, -0.25) is 9.59 Å². The second kappa shape index (κ2) is 4.24. The third-order valence-electron chi connectivity index (χ3n) is 3.20. The van der Waals surface area contributed by atoms with Crippen LogP contribution in [0.4, 0.5) is 0 Å². The first-order chi connectivity index (χ1) is 8.53. The molecule has 1 aromatic heterocycles.